The van der Waals surface area contributed by atoms with Gasteiger partial charge in [-0.05, 0) is 118 Å². The zero-order chi connectivity index (χ0) is 38.7. The third kappa shape index (κ3) is 9.96. The number of halogens is 4. The normalized spacial score (nSPS) is 11.6. The quantitative estimate of drug-likeness (QED) is 0.0693. The third-order valence-electron chi connectivity index (χ3n) is 6.84. The highest BCUT2D eigenvalue weighted by atomic mass is 35.5. The summed E-state index contributed by atoms with van der Waals surface area (Å²) < 4.78 is 69.0. The molecular weight excluding hydrogens is 810 g/mol. The summed E-state index contributed by atoms with van der Waals surface area (Å²) in [4.78, 5) is 70.9. The fraction of sp³-hybridized carbons (Fsp3) is 0. The second-order valence-electron chi connectivity index (χ2n) is 10.4. The Morgan fingerprint density at radius 2 is 0.731 bits per heavy atom. The lowest BCUT2D eigenvalue weighted by atomic mass is 10.1. The lowest BCUT2D eigenvalue weighted by molar-refractivity contribution is 0.101. The maximum atomic E-state index is 12.9. The van der Waals surface area contributed by atoms with Gasteiger partial charge in [-0.25, -0.2) is 0 Å². The molecule has 4 rings (SSSR count). The molecule has 0 radical (unpaired) electrons. The minimum Gasteiger partial charge on any atom is -0.322 e. The Bertz CT molecular complexity index is 2250. The maximum Gasteiger partial charge on any atom is 0.295 e. The maximum absolute atomic E-state index is 12.9. The van der Waals surface area contributed by atoms with Gasteiger partial charge in [0.05, 0.1) is 0 Å². The van der Waals surface area contributed by atoms with E-state index in [0.29, 0.717) is 0 Å². The Balaban J connectivity index is 1.66. The summed E-state index contributed by atoms with van der Waals surface area (Å²) in [5.41, 5.74) is -2.23. The summed E-state index contributed by atoms with van der Waals surface area (Å²) in [6, 6.07) is 12.7. The summed E-state index contributed by atoms with van der Waals surface area (Å²) in [7, 11) is -10.00. The lowest BCUT2D eigenvalue weighted by Gasteiger charge is -2.11. The van der Waals surface area contributed by atoms with Gasteiger partial charge in [0, 0.05) is 44.8 Å². The molecular formula is C32H18Cl4N2O12S2. The fourth-order valence-electron chi connectivity index (χ4n) is 4.50. The minimum atomic E-state index is -5.00. The monoisotopic (exact) mass is 826 g/mol. The van der Waals surface area contributed by atoms with Crippen LogP contribution in [-0.4, -0.2) is 58.7 Å². The molecule has 0 heterocycles. The van der Waals surface area contributed by atoms with Crippen molar-refractivity contribution in [2.75, 3.05) is 10.6 Å². The number of carbonyl (C=O) groups is 6. The van der Waals surface area contributed by atoms with Crippen LogP contribution in [0.5, 0.6) is 0 Å². The van der Waals surface area contributed by atoms with Gasteiger partial charge in [-0.1, -0.05) is 24.3 Å². The van der Waals surface area contributed by atoms with Crippen LogP contribution in [0.2, 0.25) is 0 Å². The summed E-state index contributed by atoms with van der Waals surface area (Å²) >= 11 is 21.9. The molecule has 0 aliphatic rings. The first-order chi connectivity index (χ1) is 24.1. The van der Waals surface area contributed by atoms with E-state index in [1.165, 1.54) is 12.1 Å². The van der Waals surface area contributed by atoms with Crippen molar-refractivity contribution >= 4 is 123 Å². The minimum absolute atomic E-state index is 0.182. The first kappa shape index (κ1) is 40.0. The molecule has 0 atom stereocenters. The largest absolute Gasteiger partial charge is 0.322 e. The molecule has 0 saturated carbocycles. The molecule has 0 aliphatic heterocycles. The van der Waals surface area contributed by atoms with Crippen molar-refractivity contribution in [3.05, 3.63) is 117 Å². The van der Waals surface area contributed by atoms with Gasteiger partial charge in [0.25, 0.3) is 53.0 Å². The Kier molecular flexibility index (Phi) is 12.2. The van der Waals surface area contributed by atoms with Crippen LogP contribution in [0.25, 0.3) is 12.2 Å². The van der Waals surface area contributed by atoms with E-state index in [4.69, 9.17) is 46.4 Å². The van der Waals surface area contributed by atoms with Crippen LogP contribution in [-0.2, 0) is 20.2 Å². The molecule has 0 saturated heterocycles. The zero-order valence-corrected chi connectivity index (χ0v) is 30.0. The SMILES string of the molecule is O=C(Cl)c1cc(C(=O)Cl)cc(C(=O)Nc2ccc(/C=C/c3ccc(NC(=O)c4cc(C(=O)Cl)cc(C(=O)Cl)c4)cc3S(=O)(=O)O)c(S(=O)(=O)O)c2)c1. The van der Waals surface area contributed by atoms with Crippen molar-refractivity contribution in [1.29, 1.82) is 0 Å². The van der Waals surface area contributed by atoms with Gasteiger partial charge in [-0.3, -0.25) is 37.9 Å². The summed E-state index contributed by atoms with van der Waals surface area (Å²) in [5, 5.41) is 0.694. The molecule has 0 aliphatic carbocycles. The highest BCUT2D eigenvalue weighted by Gasteiger charge is 2.21. The van der Waals surface area contributed by atoms with Crippen molar-refractivity contribution < 1.29 is 54.7 Å². The molecule has 0 bridgehead atoms. The predicted octanol–water partition coefficient (Wildman–Crippen LogP) is 6.37. The molecule has 14 nitrogen and oxygen atoms in total. The van der Waals surface area contributed by atoms with E-state index in [1.807, 2.05) is 0 Å². The average molecular weight is 828 g/mol. The average Bonchev–Trinajstić information content (AvgIpc) is 3.06. The zero-order valence-electron chi connectivity index (χ0n) is 25.4. The predicted molar refractivity (Wildman–Crippen MR) is 191 cm³/mol. The van der Waals surface area contributed by atoms with Gasteiger partial charge in [0.2, 0.25) is 0 Å². The number of rotatable bonds is 12. The van der Waals surface area contributed by atoms with Crippen LogP contribution in [0.1, 0.15) is 73.3 Å². The third-order valence-corrected chi connectivity index (χ3v) is 9.53. The van der Waals surface area contributed by atoms with Gasteiger partial charge in [-0.15, -0.1) is 0 Å². The van der Waals surface area contributed by atoms with Gasteiger partial charge in [0.15, 0.2) is 0 Å². The summed E-state index contributed by atoms with van der Waals surface area (Å²) in [6.07, 6.45) is 2.12. The van der Waals surface area contributed by atoms with Gasteiger partial charge < -0.3 is 10.6 Å². The highest BCUT2D eigenvalue weighted by molar-refractivity contribution is 7.86. The standard InChI is InChI=1S/C32H18Cl4N2O12S2/c33-27(39)17-7-18(28(34)40)10-21(9-17)31(43)37-23-5-3-15(25(13-23)51(45,46)47)1-2-16-4-6-24(14-26(16)52(48,49)50)38-32(44)22-11-19(29(35)41)8-20(12-22)30(36)42/h1-14H,(H,37,43)(H,38,44)(H,45,46,47)(H,48,49,50)/b2-1+. The van der Waals surface area contributed by atoms with E-state index in [2.05, 4.69) is 10.6 Å². The Morgan fingerprint density at radius 1 is 0.462 bits per heavy atom. The number of amides is 2. The molecule has 4 aromatic carbocycles. The van der Waals surface area contributed by atoms with Gasteiger partial charge in [0.1, 0.15) is 9.79 Å². The molecule has 2 amide bonds. The summed E-state index contributed by atoms with van der Waals surface area (Å²) in [6.45, 7) is 0. The molecule has 4 aromatic rings. The van der Waals surface area contributed by atoms with Crippen LogP contribution in [0, 0.1) is 0 Å². The van der Waals surface area contributed by atoms with Crippen molar-refractivity contribution in [2.45, 2.75) is 9.79 Å². The number of nitrogens with one attached hydrogen (secondary N) is 2. The van der Waals surface area contributed by atoms with E-state index < -0.39 is 62.8 Å². The molecule has 20 heteroatoms. The van der Waals surface area contributed by atoms with Gasteiger partial charge in [-0.2, -0.15) is 16.8 Å². The second kappa shape index (κ2) is 15.9. The Hall–Kier alpha value is -4.78. The molecule has 0 unspecified atom stereocenters. The molecule has 52 heavy (non-hydrogen) atoms. The molecule has 0 aromatic heterocycles. The number of carbonyl (C=O) groups excluding carboxylic acids is 6. The van der Waals surface area contributed by atoms with Crippen LogP contribution in [0.4, 0.5) is 11.4 Å². The van der Waals surface area contributed by atoms with Crippen LogP contribution >= 0.6 is 46.4 Å². The van der Waals surface area contributed by atoms with E-state index >= 15 is 0 Å². The Morgan fingerprint density at radius 3 is 0.981 bits per heavy atom. The summed E-state index contributed by atoms with van der Waals surface area (Å²) in [5.74, 6) is -1.86. The van der Waals surface area contributed by atoms with E-state index in [-0.39, 0.29) is 55.9 Å². The number of hydrogen-bond donors (Lipinski definition) is 4. The highest BCUT2D eigenvalue weighted by Crippen LogP contribution is 2.27. The first-order valence-corrected chi connectivity index (χ1v) is 18.2. The van der Waals surface area contributed by atoms with E-state index in [1.54, 1.807) is 0 Å². The Labute approximate surface area is 313 Å². The van der Waals surface area contributed by atoms with E-state index in [0.717, 1.165) is 72.8 Å². The van der Waals surface area contributed by atoms with Crippen LogP contribution in [0.3, 0.4) is 0 Å². The topological polar surface area (TPSA) is 235 Å². The first-order valence-electron chi connectivity index (χ1n) is 13.8. The van der Waals surface area contributed by atoms with Gasteiger partial charge >= 0.3 is 0 Å². The molecule has 268 valence electrons. The molecule has 0 spiro atoms. The number of anilines is 2. The second-order valence-corrected chi connectivity index (χ2v) is 14.5. The van der Waals surface area contributed by atoms with Crippen molar-refractivity contribution in [3.63, 3.8) is 0 Å². The number of benzene rings is 4. The van der Waals surface area contributed by atoms with Crippen molar-refractivity contribution in [1.82, 2.24) is 0 Å². The fourth-order valence-corrected chi connectivity index (χ4v) is 6.36. The number of hydrogen-bond acceptors (Lipinski definition) is 10. The van der Waals surface area contributed by atoms with E-state index in [9.17, 15) is 54.7 Å². The molecule has 0 fully saturated rings. The van der Waals surface area contributed by atoms with Crippen molar-refractivity contribution in [2.24, 2.45) is 0 Å². The lowest BCUT2D eigenvalue weighted by Crippen LogP contribution is -2.14. The molecule has 4 N–H and O–H groups in total. The van der Waals surface area contributed by atoms with Crippen LogP contribution < -0.4 is 10.6 Å². The smallest absolute Gasteiger partial charge is 0.295 e. The van der Waals surface area contributed by atoms with Crippen molar-refractivity contribution in [3.8, 4) is 0 Å². The van der Waals surface area contributed by atoms with Crippen LogP contribution in [0.15, 0.2) is 82.6 Å².